The lowest BCUT2D eigenvalue weighted by Gasteiger charge is -2.09. The second-order valence-corrected chi connectivity index (χ2v) is 5.93. The molecule has 0 amide bonds. The van der Waals surface area contributed by atoms with Gasteiger partial charge in [0.25, 0.3) is 0 Å². The summed E-state index contributed by atoms with van der Waals surface area (Å²) in [7, 11) is 0. The largest absolute Gasteiger partial charge is 0.478 e. The number of thiocarbonyl (C=S) groups is 1. The zero-order chi connectivity index (χ0) is 18.5. The predicted octanol–water partition coefficient (Wildman–Crippen LogP) is 3.64. The van der Waals surface area contributed by atoms with Gasteiger partial charge < -0.3 is 10.4 Å². The van der Waals surface area contributed by atoms with Crippen LogP contribution in [0.5, 0.6) is 0 Å². The molecule has 3 N–H and O–H groups in total. The molecule has 0 radical (unpaired) electrons. The van der Waals surface area contributed by atoms with Gasteiger partial charge in [-0.1, -0.05) is 24.3 Å². The van der Waals surface area contributed by atoms with E-state index in [1.165, 1.54) is 12.1 Å². The molecule has 0 fully saturated rings. The average Bonchev–Trinajstić information content (AvgIpc) is 2.66. The Labute approximate surface area is 155 Å². The maximum absolute atomic E-state index is 10.9. The first-order valence-corrected chi connectivity index (χ1v) is 8.24. The predicted molar refractivity (Wildman–Crippen MR) is 107 cm³/mol. The van der Waals surface area contributed by atoms with Gasteiger partial charge in [0.05, 0.1) is 17.0 Å². The van der Waals surface area contributed by atoms with Crippen molar-refractivity contribution in [2.24, 2.45) is 5.10 Å². The van der Waals surface area contributed by atoms with Crippen molar-refractivity contribution in [2.45, 2.75) is 6.92 Å². The zero-order valence-corrected chi connectivity index (χ0v) is 14.7. The monoisotopic (exact) mass is 364 g/mol. The van der Waals surface area contributed by atoms with E-state index < -0.39 is 5.97 Å². The number of carboxylic acids is 1. The highest BCUT2D eigenvalue weighted by molar-refractivity contribution is 7.80. The molecule has 2 aromatic carbocycles. The van der Waals surface area contributed by atoms with Gasteiger partial charge in [-0.3, -0.25) is 10.4 Å². The quantitative estimate of drug-likeness (QED) is 0.372. The topological polar surface area (TPSA) is 86.6 Å². The van der Waals surface area contributed by atoms with Crippen molar-refractivity contribution in [3.8, 4) is 0 Å². The normalized spacial score (nSPS) is 11.2. The number of hydrogen-bond donors (Lipinski definition) is 3. The number of fused-ring (bicyclic) bond motifs is 1. The Bertz CT molecular complexity index is 995. The Kier molecular flexibility index (Phi) is 5.19. The van der Waals surface area contributed by atoms with E-state index >= 15 is 0 Å². The molecule has 1 aromatic heterocycles. The van der Waals surface area contributed by atoms with Crippen molar-refractivity contribution in [1.29, 1.82) is 0 Å². The average molecular weight is 364 g/mol. The maximum Gasteiger partial charge on any atom is 0.335 e. The van der Waals surface area contributed by atoms with Crippen LogP contribution in [0.15, 0.2) is 65.9 Å². The minimum absolute atomic E-state index is 0.213. The molecule has 130 valence electrons. The fourth-order valence-corrected chi connectivity index (χ4v) is 2.61. The molecule has 0 saturated heterocycles. The van der Waals surface area contributed by atoms with Gasteiger partial charge in [0, 0.05) is 17.3 Å². The molecule has 0 atom stereocenters. The van der Waals surface area contributed by atoms with Gasteiger partial charge >= 0.3 is 5.97 Å². The minimum atomic E-state index is -0.972. The Morgan fingerprint density at radius 3 is 2.58 bits per heavy atom. The molecule has 1 heterocycles. The molecule has 0 aliphatic heterocycles. The zero-order valence-electron chi connectivity index (χ0n) is 13.9. The summed E-state index contributed by atoms with van der Waals surface area (Å²) in [6.45, 7) is 1.85. The lowest BCUT2D eigenvalue weighted by atomic mass is 10.1. The van der Waals surface area contributed by atoms with E-state index in [1.54, 1.807) is 18.3 Å². The molecule has 7 heteroatoms. The van der Waals surface area contributed by atoms with E-state index in [4.69, 9.17) is 17.3 Å². The minimum Gasteiger partial charge on any atom is -0.478 e. The van der Waals surface area contributed by atoms with Crippen molar-refractivity contribution in [2.75, 3.05) is 5.32 Å². The molecule has 3 aromatic rings. The first-order valence-electron chi connectivity index (χ1n) is 7.83. The molecule has 26 heavy (non-hydrogen) atoms. The Morgan fingerprint density at radius 1 is 1.12 bits per heavy atom. The summed E-state index contributed by atoms with van der Waals surface area (Å²) in [5.74, 6) is -0.972. The smallest absolute Gasteiger partial charge is 0.335 e. The summed E-state index contributed by atoms with van der Waals surface area (Å²) in [5, 5.41) is 18.6. The van der Waals surface area contributed by atoms with E-state index in [9.17, 15) is 4.79 Å². The van der Waals surface area contributed by atoms with Crippen LogP contribution in [0.25, 0.3) is 10.8 Å². The number of aromatic nitrogens is 1. The lowest BCUT2D eigenvalue weighted by molar-refractivity contribution is 0.0697. The van der Waals surface area contributed by atoms with Crippen LogP contribution >= 0.6 is 12.2 Å². The highest BCUT2D eigenvalue weighted by atomic mass is 32.1. The van der Waals surface area contributed by atoms with Crippen molar-refractivity contribution in [1.82, 2.24) is 10.4 Å². The van der Waals surface area contributed by atoms with Crippen molar-refractivity contribution in [3.05, 3.63) is 72.1 Å². The van der Waals surface area contributed by atoms with Crippen LogP contribution in [0.4, 0.5) is 5.69 Å². The summed E-state index contributed by atoms with van der Waals surface area (Å²) in [4.78, 5) is 15.3. The van der Waals surface area contributed by atoms with Crippen LogP contribution in [-0.2, 0) is 0 Å². The van der Waals surface area contributed by atoms with Crippen LogP contribution in [0.1, 0.15) is 23.0 Å². The van der Waals surface area contributed by atoms with Crippen LogP contribution < -0.4 is 10.7 Å². The molecule has 0 spiro atoms. The molecular formula is C19H16N4O2S. The Balaban J connectivity index is 1.70. The number of rotatable bonds is 4. The summed E-state index contributed by atoms with van der Waals surface area (Å²) in [5.41, 5.74) is 5.15. The maximum atomic E-state index is 10.9. The van der Waals surface area contributed by atoms with Crippen LogP contribution in [0.3, 0.4) is 0 Å². The number of hydrazone groups is 1. The standard InChI is InChI=1S/C19H16N4O2S/c1-12(17-16-5-3-2-4-13(16)10-11-20-17)22-23-19(26)21-15-8-6-14(7-9-15)18(24)25/h2-11H,1H3,(H,24,25)(H2,21,23,26)/b22-12-. The molecule has 0 aliphatic rings. The fraction of sp³-hybridized carbons (Fsp3) is 0.0526. The molecule has 3 rings (SSSR count). The summed E-state index contributed by atoms with van der Waals surface area (Å²) in [6.07, 6.45) is 1.75. The lowest BCUT2D eigenvalue weighted by Crippen LogP contribution is -2.25. The summed E-state index contributed by atoms with van der Waals surface area (Å²) < 4.78 is 0. The molecule has 0 unspecified atom stereocenters. The third-order valence-corrected chi connectivity index (χ3v) is 3.92. The SMILES string of the molecule is C/C(=N/NC(=S)Nc1ccc(C(=O)O)cc1)c1nccc2ccccc12. The highest BCUT2D eigenvalue weighted by Gasteiger charge is 2.06. The van der Waals surface area contributed by atoms with E-state index in [2.05, 4.69) is 20.8 Å². The van der Waals surface area contributed by atoms with Gasteiger partial charge in [-0.2, -0.15) is 5.10 Å². The summed E-state index contributed by atoms with van der Waals surface area (Å²) in [6, 6.07) is 16.2. The molecular weight excluding hydrogens is 348 g/mol. The van der Waals surface area contributed by atoms with Gasteiger partial charge in [0.1, 0.15) is 0 Å². The number of pyridine rings is 1. The Morgan fingerprint density at radius 2 is 1.85 bits per heavy atom. The van der Waals surface area contributed by atoms with Crippen LogP contribution in [0.2, 0.25) is 0 Å². The summed E-state index contributed by atoms with van der Waals surface area (Å²) >= 11 is 5.22. The van der Waals surface area contributed by atoms with Crippen LogP contribution in [0, 0.1) is 0 Å². The second-order valence-electron chi connectivity index (χ2n) is 5.53. The third kappa shape index (κ3) is 4.01. The van der Waals surface area contributed by atoms with Gasteiger partial charge in [-0.15, -0.1) is 0 Å². The number of carboxylic acid groups (broad SMARTS) is 1. The number of nitrogens with one attached hydrogen (secondary N) is 2. The second kappa shape index (κ2) is 7.71. The molecule has 0 bridgehead atoms. The first-order chi connectivity index (χ1) is 12.5. The number of carbonyl (C=O) groups is 1. The van der Waals surface area contributed by atoms with Gasteiger partial charge in [-0.25, -0.2) is 4.79 Å². The molecule has 6 nitrogen and oxygen atoms in total. The first kappa shape index (κ1) is 17.5. The van der Waals surface area contributed by atoms with E-state index in [0.29, 0.717) is 16.5 Å². The van der Waals surface area contributed by atoms with Gasteiger partial charge in [0.15, 0.2) is 5.11 Å². The number of benzene rings is 2. The third-order valence-electron chi connectivity index (χ3n) is 3.73. The number of aromatic carboxylic acids is 1. The van der Waals surface area contributed by atoms with E-state index in [-0.39, 0.29) is 5.56 Å². The van der Waals surface area contributed by atoms with E-state index in [0.717, 1.165) is 16.5 Å². The number of anilines is 1. The van der Waals surface area contributed by atoms with Gasteiger partial charge in [-0.05, 0) is 54.9 Å². The molecule has 0 aliphatic carbocycles. The van der Waals surface area contributed by atoms with Crippen LogP contribution in [-0.4, -0.2) is 26.9 Å². The Hall–Kier alpha value is -3.32. The van der Waals surface area contributed by atoms with Gasteiger partial charge in [0.2, 0.25) is 0 Å². The molecule has 0 saturated carbocycles. The van der Waals surface area contributed by atoms with E-state index in [1.807, 2.05) is 37.3 Å². The van der Waals surface area contributed by atoms with Crippen molar-refractivity contribution >= 4 is 45.5 Å². The number of hydrogen-bond acceptors (Lipinski definition) is 4. The fourth-order valence-electron chi connectivity index (χ4n) is 2.45. The van der Waals surface area contributed by atoms with Crippen molar-refractivity contribution in [3.63, 3.8) is 0 Å². The number of nitrogens with zero attached hydrogens (tertiary/aromatic N) is 2. The van der Waals surface area contributed by atoms with Crippen molar-refractivity contribution < 1.29 is 9.90 Å². The highest BCUT2D eigenvalue weighted by Crippen LogP contribution is 2.16.